The average Bonchev–Trinajstić information content (AvgIpc) is 0.921. The molecule has 0 fully saturated rings. The van der Waals surface area contributed by atoms with Crippen molar-refractivity contribution in [3.8, 4) is 23.0 Å². The van der Waals surface area contributed by atoms with Crippen LogP contribution in [0.25, 0.3) is 0 Å². The van der Waals surface area contributed by atoms with Crippen LogP contribution in [0.2, 0.25) is 0 Å². The molecule has 762 valence electrons. The third kappa shape index (κ3) is 58.2. The fraction of sp³-hybridized carbons (Fsp3) is 0.553. The van der Waals surface area contributed by atoms with Gasteiger partial charge in [0.1, 0.15) is 74.2 Å². The summed E-state index contributed by atoms with van der Waals surface area (Å²) in [5, 5.41) is 11.9. The number of aryl methyl sites for hydroxylation is 4. The summed E-state index contributed by atoms with van der Waals surface area (Å²) < 4.78 is 63.7. The second-order valence-corrected chi connectivity index (χ2v) is 39.9. The van der Waals surface area contributed by atoms with E-state index in [1.165, 1.54) is 141 Å². The number of hydrogen-bond donors (Lipinski definition) is 4. The predicted molar refractivity (Wildman–Crippen MR) is 547 cm³/mol. The Balaban J connectivity index is 0.000000622. The smallest absolute Gasteiger partial charge is 0.253 e. The number of rotatable bonds is 20. The van der Waals surface area contributed by atoms with Crippen molar-refractivity contribution >= 4 is 128 Å². The Morgan fingerprint density at radius 2 is 0.515 bits per heavy atom. The van der Waals surface area contributed by atoms with E-state index in [9.17, 15) is 19.2 Å². The van der Waals surface area contributed by atoms with Gasteiger partial charge in [0, 0.05) is 62.3 Å². The van der Waals surface area contributed by atoms with Gasteiger partial charge >= 0.3 is 0 Å². The minimum absolute atomic E-state index is 0. The number of hydrogen-bond acceptors (Lipinski definition) is 14. The van der Waals surface area contributed by atoms with Crippen molar-refractivity contribution in [1.82, 2.24) is 30.4 Å². The quantitative estimate of drug-likeness (QED) is 0.0316. The number of nitrogens with one attached hydrogen (secondary N) is 4. The molecule has 4 amide bonds. The van der Waals surface area contributed by atoms with E-state index >= 15 is 0 Å². The maximum Gasteiger partial charge on any atom is 0.253 e. The van der Waals surface area contributed by atoms with Crippen molar-refractivity contribution in [2.24, 2.45) is 0 Å². The standard InChI is InChI=1S/2C34H42N2O7.2C16H31N2.3CHCl3.2ClH/c2*1-34(2,3)29-21-27-20-28(22-29)33(38)36-24-26-6-10-31(11-7-26)43-19-17-41-15-13-39-12-14-40-16-18-42-30-8-4-25(5-9-30)23-35-32(27)37;2*1-4-6-8-10-12-17-14-15-18(16(17)3)13-11-9-7-5-2;3*2-1(3)4;;/h2*4-11,20-22H,12-19,23-24H2,1-3H3,(H,35,37)(H,36,38);2*14-15H,4-13H2,1-3H3;3*1H;2*1H/q;;2*+1;;;;;/p-2. The largest absolute Gasteiger partial charge is 1.00 e. The molecule has 4 N–H and O–H groups in total. The molecule has 6 aromatic carbocycles. The van der Waals surface area contributed by atoms with Crippen LogP contribution in [0.3, 0.4) is 0 Å². The zero-order valence-electron chi connectivity index (χ0n) is 81.7. The van der Waals surface area contributed by atoms with Gasteiger partial charge in [-0.2, -0.15) is 0 Å². The fourth-order valence-corrected chi connectivity index (χ4v) is 13.4. The minimum Gasteiger partial charge on any atom is -1.00 e. The highest BCUT2D eigenvalue weighted by molar-refractivity contribution is 6.63. The van der Waals surface area contributed by atoms with Gasteiger partial charge in [-0.3, -0.25) is 19.2 Å². The Morgan fingerprint density at radius 1 is 0.309 bits per heavy atom. The number of halogens is 11. The van der Waals surface area contributed by atoms with E-state index in [-0.39, 0.29) is 59.3 Å². The zero-order chi connectivity index (χ0) is 98.2. The molecule has 0 atom stereocenters. The van der Waals surface area contributed by atoms with Crippen LogP contribution < -0.4 is 74.2 Å². The number of unbranched alkanes of at least 4 members (excludes halogenated alkanes) is 12. The number of benzene rings is 6. The number of carbonyl (C=O) groups is 4. The second-order valence-electron chi connectivity index (χ2n) is 33.9. The van der Waals surface area contributed by atoms with Crippen LogP contribution in [0.5, 0.6) is 23.0 Å². The van der Waals surface area contributed by atoms with E-state index < -0.39 is 12.9 Å². The molecule has 16 rings (SSSR count). The van der Waals surface area contributed by atoms with E-state index in [1.807, 2.05) is 121 Å². The summed E-state index contributed by atoms with van der Waals surface area (Å²) in [7, 11) is 0. The maximum absolute atomic E-state index is 13.2. The van der Waals surface area contributed by atoms with Crippen molar-refractivity contribution < 1.29 is 100 Å². The first-order valence-corrected chi connectivity index (χ1v) is 50.9. The number of carbonyl (C=O) groups excluding carboxylic acids is 4. The van der Waals surface area contributed by atoms with E-state index in [0.29, 0.717) is 154 Å². The molecule has 0 aliphatic carbocycles. The summed E-state index contributed by atoms with van der Waals surface area (Å²) in [4.78, 5) is 52.8. The Bertz CT molecular complexity index is 3930. The molecule has 0 unspecified atom stereocenters. The van der Waals surface area contributed by atoms with Crippen LogP contribution in [-0.2, 0) is 91.6 Å². The molecule has 22 nitrogen and oxygen atoms in total. The summed E-state index contributed by atoms with van der Waals surface area (Å²) in [6.45, 7) is 39.3. The maximum atomic E-state index is 13.2. The normalized spacial score (nSPS) is 14.4. The number of amides is 4. The monoisotopic (exact) mass is 2110 g/mol. The third-order valence-corrected chi connectivity index (χ3v) is 21.2. The Labute approximate surface area is 868 Å². The van der Waals surface area contributed by atoms with Crippen molar-refractivity contribution in [3.05, 3.63) is 226 Å². The average molecular weight is 2110 g/mol. The van der Waals surface area contributed by atoms with Gasteiger partial charge in [0.2, 0.25) is 0 Å². The topological polar surface area (TPSA) is 226 Å². The van der Waals surface area contributed by atoms with Gasteiger partial charge in [0.15, 0.2) is 12.9 Å². The van der Waals surface area contributed by atoms with Crippen LogP contribution in [-0.4, -0.2) is 151 Å². The molecule has 8 aliphatic heterocycles. The van der Waals surface area contributed by atoms with Crippen LogP contribution in [0.15, 0.2) is 158 Å². The highest BCUT2D eigenvalue weighted by Crippen LogP contribution is 2.28. The molecule has 2 aromatic heterocycles. The van der Waals surface area contributed by atoms with Crippen LogP contribution >= 0.6 is 104 Å². The summed E-state index contributed by atoms with van der Waals surface area (Å²) in [5.41, 5.74) is 6.77. The number of nitrogens with zero attached hydrogens (tertiary/aromatic N) is 4. The predicted octanol–water partition coefficient (Wildman–Crippen LogP) is 17.8. The van der Waals surface area contributed by atoms with Crippen molar-refractivity contribution in [2.75, 3.05) is 106 Å². The molecule has 33 heteroatoms. The first kappa shape index (κ1) is 126. The number of alkyl halides is 9. The highest BCUT2D eigenvalue weighted by atomic mass is 35.6. The number of ether oxygens (including phenoxy) is 10. The Kier molecular flexibility index (Phi) is 69.9. The molecule has 0 radical (unpaired) electrons. The van der Waals surface area contributed by atoms with Gasteiger partial charge < -0.3 is 93.4 Å². The lowest BCUT2D eigenvalue weighted by atomic mass is 9.85. The van der Waals surface area contributed by atoms with Gasteiger partial charge in [0.05, 0.1) is 105 Å². The van der Waals surface area contributed by atoms with E-state index in [1.54, 1.807) is 12.1 Å². The highest BCUT2D eigenvalue weighted by Gasteiger charge is 2.24. The van der Waals surface area contributed by atoms with Gasteiger partial charge in [-0.25, -0.2) is 18.3 Å². The lowest BCUT2D eigenvalue weighted by Crippen LogP contribution is -3.00. The van der Waals surface area contributed by atoms with Crippen LogP contribution in [0, 0.1) is 13.8 Å². The molecule has 0 saturated carbocycles. The number of imidazole rings is 2. The Hall–Kier alpha value is -6.23. The Morgan fingerprint density at radius 3 is 0.721 bits per heavy atom. The molecule has 0 spiro atoms. The zero-order valence-corrected chi connectivity index (χ0v) is 90.0. The summed E-state index contributed by atoms with van der Waals surface area (Å²) in [6.07, 6.45) is 30.5. The fourth-order valence-electron chi connectivity index (χ4n) is 13.4. The first-order chi connectivity index (χ1) is 64.3. The molecule has 10 heterocycles. The minimum atomic E-state index is -0.750. The molecule has 136 heavy (non-hydrogen) atoms. The third-order valence-electron chi connectivity index (χ3n) is 21.2. The van der Waals surface area contributed by atoms with E-state index in [0.717, 1.165) is 56.4 Å². The number of aromatic nitrogens is 4. The first-order valence-electron chi connectivity index (χ1n) is 47.0. The molecule has 0 saturated heterocycles. The molecule has 12 bridgehead atoms. The van der Waals surface area contributed by atoms with Gasteiger partial charge in [-0.1, -0.05) is 274 Å². The SMILES string of the molecule is CC(C)(C)c1cc2cc(c1)C(=O)NCc1ccc(cc1)OCCOCCOCCOCCOc1ccc(cc1)CNC2=O.CC(C)(C)c1cc2cc(c1)C(=O)NCc1ccc(cc1)OCCOCCOCCOCCOc1ccc(cc1)CNC2=O.CCCCCCn1cc[n+](CCCCCC)c1C.CCCCCCn1cc[n+](CCCCCC)c1C.ClC(Cl)Cl.ClC(Cl)Cl.ClC(Cl)Cl.[Cl-].[Cl-]. The van der Waals surface area contributed by atoms with Crippen LogP contribution in [0.1, 0.15) is 258 Å². The second kappa shape index (κ2) is 75.6. The molecule has 8 aliphatic rings. The van der Waals surface area contributed by atoms with Crippen molar-refractivity contribution in [3.63, 3.8) is 0 Å². The van der Waals surface area contributed by atoms with Gasteiger partial charge in [0.25, 0.3) is 35.3 Å². The van der Waals surface area contributed by atoms with Crippen molar-refractivity contribution in [2.45, 2.75) is 262 Å². The summed E-state index contributed by atoms with van der Waals surface area (Å²) in [5.74, 6) is 4.74. The summed E-state index contributed by atoms with van der Waals surface area (Å²) in [6, 6.07) is 40.9. The lowest BCUT2D eigenvalue weighted by Gasteiger charge is -2.21. The summed E-state index contributed by atoms with van der Waals surface area (Å²) >= 11 is 43.3. The molecular weight excluding hydrogens is 1960 g/mol. The lowest BCUT2D eigenvalue weighted by molar-refractivity contribution is -0.703. The molecule has 8 aromatic rings. The van der Waals surface area contributed by atoms with E-state index in [4.69, 9.17) is 152 Å². The molecular formula is C103H149Cl11N8O14. The van der Waals surface area contributed by atoms with Crippen molar-refractivity contribution in [1.29, 1.82) is 0 Å². The van der Waals surface area contributed by atoms with Gasteiger partial charge in [-0.05, 0) is 181 Å². The van der Waals surface area contributed by atoms with E-state index in [2.05, 4.69) is 147 Å². The van der Waals surface area contributed by atoms with Crippen LogP contribution in [0.4, 0.5) is 0 Å². The van der Waals surface area contributed by atoms with Gasteiger partial charge in [-0.15, -0.1) is 0 Å².